The molecule has 2 aliphatic rings. The van der Waals surface area contributed by atoms with E-state index in [-0.39, 0.29) is 35.7 Å². The number of nitrogens with zero attached hydrogens (tertiary/aromatic N) is 6. The van der Waals surface area contributed by atoms with Crippen LogP contribution in [0.1, 0.15) is 35.0 Å². The first-order valence-corrected chi connectivity index (χ1v) is 15.3. The monoisotopic (exact) mass is 607 g/mol. The Morgan fingerprint density at radius 2 is 1.88 bits per heavy atom. The van der Waals surface area contributed by atoms with Crippen molar-refractivity contribution in [3.05, 3.63) is 77.5 Å². The minimum absolute atomic E-state index is 0.00439. The summed E-state index contributed by atoms with van der Waals surface area (Å²) in [7, 11) is -5.82. The highest BCUT2D eigenvalue weighted by molar-refractivity contribution is 7.91. The Bertz CT molecular complexity index is 1790. The molecule has 16 heteroatoms. The van der Waals surface area contributed by atoms with E-state index in [1.807, 2.05) is 0 Å². The molecule has 41 heavy (non-hydrogen) atoms. The summed E-state index contributed by atoms with van der Waals surface area (Å²) in [6, 6.07) is 6.09. The van der Waals surface area contributed by atoms with Crippen LogP contribution in [-0.2, 0) is 39.1 Å². The van der Waals surface area contributed by atoms with Crippen LogP contribution in [0, 0.1) is 11.6 Å². The largest absolute Gasteiger partial charge is 0.369 e. The van der Waals surface area contributed by atoms with Crippen LogP contribution in [-0.4, -0.2) is 76.6 Å². The van der Waals surface area contributed by atoms with Crippen LogP contribution in [0.3, 0.4) is 0 Å². The first-order valence-electron chi connectivity index (χ1n) is 12.4. The summed E-state index contributed by atoms with van der Waals surface area (Å²) in [4.78, 5) is 25.0. The van der Waals surface area contributed by atoms with Crippen LogP contribution in [0.5, 0.6) is 0 Å². The van der Waals surface area contributed by atoms with Gasteiger partial charge >= 0.3 is 0 Å². The third kappa shape index (κ3) is 4.40. The average molecular weight is 608 g/mol. The van der Waals surface area contributed by atoms with Crippen LogP contribution >= 0.6 is 0 Å². The van der Waals surface area contributed by atoms with E-state index >= 15 is 4.39 Å². The number of carbonyl (C=O) groups excluding carboxylic acids is 1. The van der Waals surface area contributed by atoms with Gasteiger partial charge in [-0.25, -0.2) is 39.9 Å². The van der Waals surface area contributed by atoms with Crippen molar-refractivity contribution in [1.82, 2.24) is 23.1 Å². The SMILES string of the molecule is CN1C(N)=N[C@](C)(c2cc(CC(=O)c3ccc(F)cn3)ccc2F)[C@]2(CCN(S(=O)(=O)c3cn(C)cn3)C2)S1(=O)=O. The van der Waals surface area contributed by atoms with Crippen LogP contribution in [0.4, 0.5) is 8.78 Å². The number of pyridine rings is 1. The molecule has 2 aromatic heterocycles. The number of hydrogen-bond acceptors (Lipinski definition) is 9. The molecule has 0 bridgehead atoms. The lowest BCUT2D eigenvalue weighted by Crippen LogP contribution is -2.66. The van der Waals surface area contributed by atoms with Gasteiger partial charge in [-0.05, 0) is 43.2 Å². The Kier molecular flexibility index (Phi) is 6.78. The molecule has 3 aromatic rings. The van der Waals surface area contributed by atoms with E-state index < -0.39 is 60.3 Å². The zero-order chi connectivity index (χ0) is 30.0. The van der Waals surface area contributed by atoms with Crippen molar-refractivity contribution < 1.29 is 30.4 Å². The highest BCUT2D eigenvalue weighted by atomic mass is 32.2. The van der Waals surface area contributed by atoms with Gasteiger partial charge in [-0.3, -0.25) is 9.78 Å². The molecule has 12 nitrogen and oxygen atoms in total. The van der Waals surface area contributed by atoms with E-state index in [0.717, 1.165) is 26.9 Å². The fraction of sp³-hybridized carbons (Fsp3) is 0.360. The number of carbonyl (C=O) groups is 1. The Hall–Kier alpha value is -3.76. The number of hydrogen-bond donors (Lipinski definition) is 1. The molecular formula is C25H27F2N7O5S2. The number of imidazole rings is 1. The molecule has 1 aromatic carbocycles. The third-order valence-corrected chi connectivity index (χ3v) is 12.2. The lowest BCUT2D eigenvalue weighted by atomic mass is 9.77. The average Bonchev–Trinajstić information content (AvgIpc) is 3.58. The Morgan fingerprint density at radius 3 is 2.51 bits per heavy atom. The van der Waals surface area contributed by atoms with Gasteiger partial charge in [0.15, 0.2) is 10.8 Å². The highest BCUT2D eigenvalue weighted by Gasteiger charge is 2.67. The summed E-state index contributed by atoms with van der Waals surface area (Å²) < 4.78 is 85.1. The van der Waals surface area contributed by atoms with Gasteiger partial charge in [0.25, 0.3) is 10.0 Å². The van der Waals surface area contributed by atoms with Crippen molar-refractivity contribution in [2.45, 2.75) is 35.1 Å². The number of aromatic nitrogens is 3. The van der Waals surface area contributed by atoms with E-state index in [2.05, 4.69) is 15.0 Å². The standard InChI is InChI=1S/C25H27F2N7O5S2/c1-24(18-10-16(4-6-19(18)27)11-21(35)20-7-5-17(26)12-29-20)25(41(38,39)33(3)23(28)31-24)8-9-34(14-25)40(36,37)22-13-32(2)15-30-22/h4-7,10,12-13,15H,8-9,11,14H2,1-3H3,(H2,28,31)/t24-,25-/m1/s1. The second kappa shape index (κ2) is 9.66. The molecule has 1 fully saturated rings. The minimum Gasteiger partial charge on any atom is -0.369 e. The van der Waals surface area contributed by atoms with Crippen molar-refractivity contribution in [3.63, 3.8) is 0 Å². The first kappa shape index (κ1) is 28.8. The molecule has 0 saturated carbocycles. The summed E-state index contributed by atoms with van der Waals surface area (Å²) in [5.41, 5.74) is 4.27. The molecule has 218 valence electrons. The fourth-order valence-corrected chi connectivity index (χ4v) is 9.12. The van der Waals surface area contributed by atoms with E-state index in [9.17, 15) is 26.0 Å². The molecule has 5 rings (SSSR count). The Balaban J connectivity index is 1.60. The summed E-state index contributed by atoms with van der Waals surface area (Å²) >= 11 is 0. The maximum absolute atomic E-state index is 15.6. The molecular weight excluding hydrogens is 580 g/mol. The van der Waals surface area contributed by atoms with Gasteiger partial charge in [0.05, 0.1) is 12.5 Å². The van der Waals surface area contributed by atoms with Crippen molar-refractivity contribution in [2.24, 2.45) is 17.8 Å². The fourth-order valence-electron chi connectivity index (χ4n) is 5.43. The van der Waals surface area contributed by atoms with Crippen molar-refractivity contribution in [2.75, 3.05) is 20.1 Å². The molecule has 0 aliphatic carbocycles. The smallest absolute Gasteiger partial charge is 0.262 e. The van der Waals surface area contributed by atoms with Crippen LogP contribution in [0.15, 0.2) is 59.1 Å². The van der Waals surface area contributed by atoms with E-state index in [1.165, 1.54) is 49.3 Å². The Morgan fingerprint density at radius 1 is 1.15 bits per heavy atom. The molecule has 2 aliphatic heterocycles. The maximum atomic E-state index is 15.6. The summed E-state index contributed by atoms with van der Waals surface area (Å²) in [6.45, 7) is 0.647. The molecule has 0 radical (unpaired) electrons. The minimum atomic E-state index is -4.41. The predicted octanol–water partition coefficient (Wildman–Crippen LogP) is 1.16. The summed E-state index contributed by atoms with van der Waals surface area (Å²) in [6.07, 6.45) is 3.04. The normalized spacial score (nSPS) is 24.5. The number of sulfonamides is 2. The highest BCUT2D eigenvalue weighted by Crippen LogP contribution is 2.52. The number of rotatable bonds is 6. The van der Waals surface area contributed by atoms with Gasteiger partial charge in [-0.2, -0.15) is 4.31 Å². The maximum Gasteiger partial charge on any atom is 0.262 e. The van der Waals surface area contributed by atoms with Crippen molar-refractivity contribution in [1.29, 1.82) is 0 Å². The zero-order valence-electron chi connectivity index (χ0n) is 22.3. The molecule has 4 heterocycles. The number of aliphatic imine (C=N–C) groups is 1. The number of ketones is 1. The van der Waals surface area contributed by atoms with Gasteiger partial charge < -0.3 is 10.3 Å². The van der Waals surface area contributed by atoms with Gasteiger partial charge in [-0.1, -0.05) is 6.07 Å². The predicted molar refractivity (Wildman–Crippen MR) is 144 cm³/mol. The van der Waals surface area contributed by atoms with Gasteiger partial charge in [0.1, 0.15) is 27.6 Å². The van der Waals surface area contributed by atoms with E-state index in [0.29, 0.717) is 5.56 Å². The number of nitrogens with two attached hydrogens (primary N) is 1. The van der Waals surface area contributed by atoms with Crippen molar-refractivity contribution in [3.8, 4) is 0 Å². The van der Waals surface area contributed by atoms with Gasteiger partial charge in [0, 0.05) is 45.4 Å². The molecule has 0 amide bonds. The van der Waals surface area contributed by atoms with E-state index in [1.54, 1.807) is 7.05 Å². The zero-order valence-corrected chi connectivity index (χ0v) is 24.0. The third-order valence-electron chi connectivity index (χ3n) is 7.82. The molecule has 1 spiro atoms. The topological polar surface area (TPSA) is 161 Å². The molecule has 2 N–H and O–H groups in total. The molecule has 0 unspecified atom stereocenters. The molecule has 2 atom stereocenters. The van der Waals surface area contributed by atoms with Gasteiger partial charge in [0.2, 0.25) is 16.0 Å². The summed E-state index contributed by atoms with van der Waals surface area (Å²) in [5, 5.41) is -0.260. The van der Waals surface area contributed by atoms with Crippen molar-refractivity contribution >= 4 is 31.8 Å². The lowest BCUT2D eigenvalue weighted by Gasteiger charge is -2.48. The molecule has 1 saturated heterocycles. The number of aryl methyl sites for hydroxylation is 1. The second-order valence-corrected chi connectivity index (χ2v) is 14.4. The van der Waals surface area contributed by atoms with Gasteiger partial charge in [-0.15, -0.1) is 0 Å². The first-order chi connectivity index (χ1) is 19.1. The summed E-state index contributed by atoms with van der Waals surface area (Å²) in [5.74, 6) is -2.31. The van der Waals surface area contributed by atoms with Crippen LogP contribution < -0.4 is 5.73 Å². The number of guanidine groups is 1. The van der Waals surface area contributed by atoms with Crippen LogP contribution in [0.25, 0.3) is 0 Å². The quantitative estimate of drug-likeness (QED) is 0.409. The number of Topliss-reactive ketones (excluding diaryl/α,β-unsaturated/α-hetero) is 1. The van der Waals surface area contributed by atoms with Crippen LogP contribution in [0.2, 0.25) is 0 Å². The second-order valence-electron chi connectivity index (χ2n) is 10.3. The number of halogens is 2. The number of benzene rings is 1. The Labute approximate surface area is 235 Å². The van der Waals surface area contributed by atoms with E-state index in [4.69, 9.17) is 5.73 Å². The lowest BCUT2D eigenvalue weighted by molar-refractivity contribution is 0.0988.